The molecule has 0 bridgehead atoms. The van der Waals surface area contributed by atoms with Gasteiger partial charge in [0.25, 0.3) is 0 Å². The average Bonchev–Trinajstić information content (AvgIpc) is 3.80. The highest BCUT2D eigenvalue weighted by Gasteiger charge is 2.40. The predicted molar refractivity (Wildman–Crippen MR) is 240 cm³/mol. The highest BCUT2D eigenvalue weighted by molar-refractivity contribution is 7.26. The van der Waals surface area contributed by atoms with Crippen molar-refractivity contribution in [2.24, 2.45) is 0 Å². The molecule has 0 aliphatic heterocycles. The van der Waals surface area contributed by atoms with E-state index in [-0.39, 0.29) is 5.41 Å². The molecule has 2 aromatic heterocycles. The second-order valence-corrected chi connectivity index (χ2v) is 16.1. The number of benzene rings is 8. The Morgan fingerprint density at radius 3 is 1.82 bits per heavy atom. The molecule has 0 N–H and O–H groups in total. The van der Waals surface area contributed by atoms with Crippen LogP contribution in [0.5, 0.6) is 0 Å². The Balaban J connectivity index is 0.980. The zero-order valence-electron chi connectivity index (χ0n) is 31.4. The SMILES string of the molecule is CC1(c2ccccc2)c2ccccc2-c2cc(-c3ccc(-c4cc(-c5cccc(-c6cccc7c6sc6ccccc67)c5)nc(-c5ccccc5)n4)cc3)ccc21. The third-order valence-electron chi connectivity index (χ3n) is 11.8. The minimum Gasteiger partial charge on any atom is -0.228 e. The number of fused-ring (bicyclic) bond motifs is 6. The van der Waals surface area contributed by atoms with Gasteiger partial charge in [0.1, 0.15) is 0 Å². The average molecular weight is 745 g/mol. The second kappa shape index (κ2) is 13.4. The van der Waals surface area contributed by atoms with Crippen LogP contribution < -0.4 is 0 Å². The third-order valence-corrected chi connectivity index (χ3v) is 13.0. The molecule has 2 heterocycles. The normalized spacial score (nSPS) is 14.5. The lowest BCUT2D eigenvalue weighted by Crippen LogP contribution is -2.22. The Kier molecular flexibility index (Phi) is 7.84. The molecule has 268 valence electrons. The van der Waals surface area contributed by atoms with Gasteiger partial charge in [0.15, 0.2) is 5.82 Å². The molecular weight excluding hydrogens is 709 g/mol. The van der Waals surface area contributed by atoms with Crippen LogP contribution in [0.2, 0.25) is 0 Å². The van der Waals surface area contributed by atoms with E-state index in [0.717, 1.165) is 28.1 Å². The van der Waals surface area contributed by atoms with Crippen LogP contribution in [0.1, 0.15) is 23.6 Å². The van der Waals surface area contributed by atoms with Crippen molar-refractivity contribution >= 4 is 31.5 Å². The van der Waals surface area contributed by atoms with Gasteiger partial charge in [-0.1, -0.05) is 176 Å². The van der Waals surface area contributed by atoms with Gasteiger partial charge >= 0.3 is 0 Å². The zero-order valence-corrected chi connectivity index (χ0v) is 32.2. The van der Waals surface area contributed by atoms with Gasteiger partial charge in [-0.05, 0) is 81.3 Å². The van der Waals surface area contributed by atoms with Crippen LogP contribution in [0.15, 0.2) is 200 Å². The van der Waals surface area contributed by atoms with Crippen LogP contribution in [-0.4, -0.2) is 9.97 Å². The number of hydrogen-bond donors (Lipinski definition) is 0. The van der Waals surface area contributed by atoms with Crippen LogP contribution in [0.25, 0.3) is 87.5 Å². The van der Waals surface area contributed by atoms with Crippen LogP contribution in [0, 0.1) is 0 Å². The summed E-state index contributed by atoms with van der Waals surface area (Å²) in [4.78, 5) is 10.3. The topological polar surface area (TPSA) is 25.8 Å². The molecule has 1 atom stereocenters. The summed E-state index contributed by atoms with van der Waals surface area (Å²) in [6, 6.07) is 72.2. The van der Waals surface area contributed by atoms with Crippen LogP contribution in [0.3, 0.4) is 0 Å². The van der Waals surface area contributed by atoms with Crippen LogP contribution in [-0.2, 0) is 5.41 Å². The highest BCUT2D eigenvalue weighted by atomic mass is 32.1. The summed E-state index contributed by atoms with van der Waals surface area (Å²) < 4.78 is 2.62. The first-order valence-corrected chi connectivity index (χ1v) is 20.3. The monoisotopic (exact) mass is 744 g/mol. The molecule has 57 heavy (non-hydrogen) atoms. The molecule has 1 aliphatic rings. The summed E-state index contributed by atoms with van der Waals surface area (Å²) >= 11 is 1.86. The number of thiophene rings is 1. The fourth-order valence-electron chi connectivity index (χ4n) is 8.88. The number of hydrogen-bond acceptors (Lipinski definition) is 3. The number of rotatable bonds is 6. The van der Waals surface area contributed by atoms with Crippen molar-refractivity contribution in [2.75, 3.05) is 0 Å². The lowest BCUT2D eigenvalue weighted by atomic mass is 9.74. The number of aromatic nitrogens is 2. The van der Waals surface area contributed by atoms with Crippen molar-refractivity contribution in [1.29, 1.82) is 0 Å². The van der Waals surface area contributed by atoms with Crippen molar-refractivity contribution in [2.45, 2.75) is 12.3 Å². The molecule has 1 unspecified atom stereocenters. The first-order chi connectivity index (χ1) is 28.1. The molecule has 0 saturated carbocycles. The van der Waals surface area contributed by atoms with E-state index in [4.69, 9.17) is 9.97 Å². The minimum atomic E-state index is -0.206. The summed E-state index contributed by atoms with van der Waals surface area (Å²) in [5.41, 5.74) is 16.1. The quantitative estimate of drug-likeness (QED) is 0.169. The summed E-state index contributed by atoms with van der Waals surface area (Å²) in [6.45, 7) is 2.36. The first kappa shape index (κ1) is 33.4. The van der Waals surface area contributed by atoms with Gasteiger partial charge in [-0.15, -0.1) is 11.3 Å². The standard InChI is InChI=1S/C54H36N2S/c1-54(41-18-6-3-7-19-41)47-24-10-8-20-43(47)46-33-38(30-31-48(46)54)35-26-28-36(29-27-35)49-34-50(56-53(55-49)37-14-4-2-5-15-37)40-17-12-16-39(32-40)42-22-13-23-45-44-21-9-11-25-51(44)57-52(42)45/h2-34H,1H3. The van der Waals surface area contributed by atoms with E-state index in [0.29, 0.717) is 5.82 Å². The highest BCUT2D eigenvalue weighted by Crippen LogP contribution is 2.53. The van der Waals surface area contributed by atoms with Gasteiger partial charge in [-0.25, -0.2) is 9.97 Å². The van der Waals surface area contributed by atoms with Gasteiger partial charge in [0.05, 0.1) is 11.4 Å². The first-order valence-electron chi connectivity index (χ1n) is 19.5. The van der Waals surface area contributed by atoms with E-state index in [2.05, 4.69) is 189 Å². The van der Waals surface area contributed by atoms with Gasteiger partial charge in [-0.3, -0.25) is 0 Å². The molecule has 1 aliphatic carbocycles. The van der Waals surface area contributed by atoms with Crippen LogP contribution in [0.4, 0.5) is 0 Å². The Hall–Kier alpha value is -6.94. The molecule has 0 amide bonds. The van der Waals surface area contributed by atoms with E-state index in [9.17, 15) is 0 Å². The van der Waals surface area contributed by atoms with Crippen LogP contribution >= 0.6 is 11.3 Å². The molecule has 8 aromatic carbocycles. The van der Waals surface area contributed by atoms with E-state index < -0.39 is 0 Å². The summed E-state index contributed by atoms with van der Waals surface area (Å²) in [5.74, 6) is 0.711. The van der Waals surface area contributed by atoms with Crippen molar-refractivity contribution < 1.29 is 0 Å². The Labute approximate surface area is 336 Å². The fourth-order valence-corrected chi connectivity index (χ4v) is 10.1. The molecule has 0 spiro atoms. The molecule has 2 nitrogen and oxygen atoms in total. The lowest BCUT2D eigenvalue weighted by Gasteiger charge is -2.28. The minimum absolute atomic E-state index is 0.206. The molecule has 0 radical (unpaired) electrons. The fraction of sp³-hybridized carbons (Fsp3) is 0.0370. The van der Waals surface area contributed by atoms with Gasteiger partial charge in [0, 0.05) is 42.3 Å². The largest absolute Gasteiger partial charge is 0.228 e. The maximum atomic E-state index is 5.17. The lowest BCUT2D eigenvalue weighted by molar-refractivity contribution is 0.714. The molecular formula is C54H36N2S. The Bertz CT molecular complexity index is 3130. The Morgan fingerprint density at radius 1 is 0.386 bits per heavy atom. The van der Waals surface area contributed by atoms with Gasteiger partial charge in [-0.2, -0.15) is 0 Å². The molecule has 0 fully saturated rings. The smallest absolute Gasteiger partial charge is 0.160 e. The Morgan fingerprint density at radius 2 is 0.982 bits per heavy atom. The van der Waals surface area contributed by atoms with E-state index in [1.807, 2.05) is 29.5 Å². The van der Waals surface area contributed by atoms with Crippen molar-refractivity contribution in [1.82, 2.24) is 9.97 Å². The maximum Gasteiger partial charge on any atom is 0.160 e. The molecule has 10 aromatic rings. The maximum absolute atomic E-state index is 5.17. The van der Waals surface area contributed by atoms with Crippen molar-refractivity contribution in [3.05, 3.63) is 217 Å². The second-order valence-electron chi connectivity index (χ2n) is 15.1. The van der Waals surface area contributed by atoms with Crippen molar-refractivity contribution in [3.63, 3.8) is 0 Å². The van der Waals surface area contributed by atoms with E-state index in [1.165, 1.54) is 70.2 Å². The summed E-state index contributed by atoms with van der Waals surface area (Å²) in [6.07, 6.45) is 0. The molecule has 11 rings (SSSR count). The van der Waals surface area contributed by atoms with Gasteiger partial charge < -0.3 is 0 Å². The molecule has 3 heteroatoms. The van der Waals surface area contributed by atoms with E-state index >= 15 is 0 Å². The van der Waals surface area contributed by atoms with Crippen molar-refractivity contribution in [3.8, 4) is 67.3 Å². The summed E-state index contributed by atoms with van der Waals surface area (Å²) in [7, 11) is 0. The third kappa shape index (κ3) is 5.54. The van der Waals surface area contributed by atoms with Gasteiger partial charge in [0.2, 0.25) is 0 Å². The molecule has 0 saturated heterocycles. The van der Waals surface area contributed by atoms with E-state index in [1.54, 1.807) is 0 Å². The number of nitrogens with zero attached hydrogens (tertiary/aromatic N) is 2. The predicted octanol–water partition coefficient (Wildman–Crippen LogP) is 14.5. The summed E-state index contributed by atoms with van der Waals surface area (Å²) in [5, 5.41) is 2.61. The zero-order chi connectivity index (χ0) is 37.9.